The number of halogens is 1. The van der Waals surface area contributed by atoms with Gasteiger partial charge in [0.1, 0.15) is 10.7 Å². The molecule has 112 valence electrons. The highest BCUT2D eigenvalue weighted by Gasteiger charge is 2.21. The average molecular weight is 305 g/mol. The van der Waals surface area contributed by atoms with Gasteiger partial charge in [-0.1, -0.05) is 6.92 Å². The molecule has 0 aliphatic carbocycles. The van der Waals surface area contributed by atoms with E-state index in [1.807, 2.05) is 0 Å². The predicted octanol–water partition coefficient (Wildman–Crippen LogP) is 1.08. The summed E-state index contributed by atoms with van der Waals surface area (Å²) in [6.07, 6.45) is 0. The molecule has 0 aliphatic rings. The van der Waals surface area contributed by atoms with Crippen LogP contribution in [-0.2, 0) is 14.8 Å². The Balaban J connectivity index is 2.97. The van der Waals surface area contributed by atoms with Crippen molar-refractivity contribution in [2.45, 2.75) is 11.8 Å². The number of aromatic carboxylic acids is 1. The summed E-state index contributed by atoms with van der Waals surface area (Å²) in [5.74, 6) is -2.42. The van der Waals surface area contributed by atoms with Gasteiger partial charge >= 0.3 is 5.97 Å². The van der Waals surface area contributed by atoms with Gasteiger partial charge in [-0.2, -0.15) is 0 Å². The van der Waals surface area contributed by atoms with E-state index in [0.717, 1.165) is 18.2 Å². The molecule has 1 rings (SSSR count). The molecule has 2 N–H and O–H groups in total. The Morgan fingerprint density at radius 3 is 2.70 bits per heavy atom. The molecule has 0 saturated carbocycles. The van der Waals surface area contributed by atoms with Crippen LogP contribution in [0.25, 0.3) is 0 Å². The summed E-state index contributed by atoms with van der Waals surface area (Å²) in [5, 5.41) is 8.80. The number of hydrogen-bond acceptors (Lipinski definition) is 4. The highest BCUT2D eigenvalue weighted by molar-refractivity contribution is 7.89. The molecule has 6 nitrogen and oxygen atoms in total. The molecule has 1 aromatic rings. The standard InChI is InChI=1S/C12H16FNO5S/c1-8(7-19-2)6-14-20(17,18)11-5-9(12(15)16)3-4-10(11)13/h3-5,8,14H,6-7H2,1-2H3,(H,15,16). The summed E-state index contributed by atoms with van der Waals surface area (Å²) >= 11 is 0. The first-order valence-corrected chi connectivity index (χ1v) is 7.27. The van der Waals surface area contributed by atoms with E-state index >= 15 is 0 Å². The van der Waals surface area contributed by atoms with Crippen LogP contribution < -0.4 is 4.72 Å². The molecule has 0 saturated heterocycles. The van der Waals surface area contributed by atoms with E-state index in [2.05, 4.69) is 4.72 Å². The monoisotopic (exact) mass is 305 g/mol. The molecule has 0 aliphatic heterocycles. The van der Waals surface area contributed by atoms with Crippen molar-refractivity contribution < 1.29 is 27.4 Å². The maximum atomic E-state index is 13.6. The van der Waals surface area contributed by atoms with Gasteiger partial charge in [0.05, 0.1) is 5.56 Å². The minimum Gasteiger partial charge on any atom is -0.478 e. The number of carboxylic acid groups (broad SMARTS) is 1. The quantitative estimate of drug-likeness (QED) is 0.786. The van der Waals surface area contributed by atoms with E-state index in [-0.39, 0.29) is 18.0 Å². The lowest BCUT2D eigenvalue weighted by Crippen LogP contribution is -2.30. The number of methoxy groups -OCH3 is 1. The van der Waals surface area contributed by atoms with Gasteiger partial charge < -0.3 is 9.84 Å². The summed E-state index contributed by atoms with van der Waals surface area (Å²) in [6.45, 7) is 2.17. The molecule has 0 heterocycles. The van der Waals surface area contributed by atoms with E-state index in [4.69, 9.17) is 9.84 Å². The number of hydrogen-bond donors (Lipinski definition) is 2. The lowest BCUT2D eigenvalue weighted by atomic mass is 10.2. The Kier molecular flexibility index (Phi) is 5.61. The zero-order chi connectivity index (χ0) is 15.3. The number of carbonyl (C=O) groups is 1. The molecule has 1 aromatic carbocycles. The first-order chi connectivity index (χ1) is 9.27. The molecule has 0 aromatic heterocycles. The van der Waals surface area contributed by atoms with Gasteiger partial charge in [-0.3, -0.25) is 0 Å². The van der Waals surface area contributed by atoms with E-state index in [9.17, 15) is 17.6 Å². The van der Waals surface area contributed by atoms with Gasteiger partial charge in [-0.15, -0.1) is 0 Å². The molecule has 20 heavy (non-hydrogen) atoms. The third-order valence-corrected chi connectivity index (χ3v) is 3.98. The van der Waals surface area contributed by atoms with Crippen LogP contribution in [-0.4, -0.2) is 39.8 Å². The third kappa shape index (κ3) is 4.26. The fourth-order valence-electron chi connectivity index (χ4n) is 1.52. The second kappa shape index (κ2) is 6.78. The number of sulfonamides is 1. The van der Waals surface area contributed by atoms with Crippen molar-refractivity contribution in [3.05, 3.63) is 29.6 Å². The fourth-order valence-corrected chi connectivity index (χ4v) is 2.78. The van der Waals surface area contributed by atoms with E-state index in [1.54, 1.807) is 6.92 Å². The van der Waals surface area contributed by atoms with Crippen molar-refractivity contribution in [1.82, 2.24) is 4.72 Å². The Bertz CT molecular complexity index is 588. The molecule has 1 atom stereocenters. The maximum absolute atomic E-state index is 13.6. The highest BCUT2D eigenvalue weighted by atomic mass is 32.2. The summed E-state index contributed by atoms with van der Waals surface area (Å²) in [6, 6.07) is 2.61. The summed E-state index contributed by atoms with van der Waals surface area (Å²) in [4.78, 5) is 10.1. The number of ether oxygens (including phenoxy) is 1. The van der Waals surface area contributed by atoms with Crippen LogP contribution in [0.4, 0.5) is 4.39 Å². The summed E-state index contributed by atoms with van der Waals surface area (Å²) in [7, 11) is -2.62. The number of rotatable bonds is 7. The Hall–Kier alpha value is -1.51. The van der Waals surface area contributed by atoms with Crippen LogP contribution >= 0.6 is 0 Å². The minimum atomic E-state index is -4.10. The zero-order valence-corrected chi connectivity index (χ0v) is 11.9. The molecule has 1 unspecified atom stereocenters. The van der Waals surface area contributed by atoms with Gasteiger partial charge in [0.25, 0.3) is 0 Å². The molecule has 0 amide bonds. The van der Waals surface area contributed by atoms with Crippen molar-refractivity contribution in [2.75, 3.05) is 20.3 Å². The molecule has 0 bridgehead atoms. The van der Waals surface area contributed by atoms with Gasteiger partial charge in [-0.25, -0.2) is 22.3 Å². The number of nitrogens with one attached hydrogen (secondary N) is 1. The van der Waals surface area contributed by atoms with Crippen LogP contribution in [0.2, 0.25) is 0 Å². The molecule has 0 spiro atoms. The van der Waals surface area contributed by atoms with Crippen molar-refractivity contribution in [2.24, 2.45) is 5.92 Å². The molecular formula is C12H16FNO5S. The molecule has 0 fully saturated rings. The SMILES string of the molecule is COCC(C)CNS(=O)(=O)c1cc(C(=O)O)ccc1F. The lowest BCUT2D eigenvalue weighted by molar-refractivity contribution is 0.0696. The lowest BCUT2D eigenvalue weighted by Gasteiger charge is -2.12. The van der Waals surface area contributed by atoms with Crippen molar-refractivity contribution >= 4 is 16.0 Å². The smallest absolute Gasteiger partial charge is 0.335 e. The topological polar surface area (TPSA) is 92.7 Å². The zero-order valence-electron chi connectivity index (χ0n) is 11.1. The average Bonchev–Trinajstić information content (AvgIpc) is 2.37. The van der Waals surface area contributed by atoms with Gasteiger partial charge in [0.2, 0.25) is 10.0 Å². The van der Waals surface area contributed by atoms with Crippen LogP contribution in [0.3, 0.4) is 0 Å². The van der Waals surface area contributed by atoms with E-state index in [1.165, 1.54) is 7.11 Å². The number of benzene rings is 1. The summed E-state index contributed by atoms with van der Waals surface area (Å²) < 4.78 is 44.6. The minimum absolute atomic E-state index is 0.0624. The van der Waals surface area contributed by atoms with Gasteiger partial charge in [-0.05, 0) is 24.1 Å². The van der Waals surface area contributed by atoms with E-state index in [0.29, 0.717) is 6.61 Å². The molecular weight excluding hydrogens is 289 g/mol. The first-order valence-electron chi connectivity index (χ1n) is 5.79. The first kappa shape index (κ1) is 16.5. The van der Waals surface area contributed by atoms with Crippen LogP contribution in [0.1, 0.15) is 17.3 Å². The van der Waals surface area contributed by atoms with Crippen molar-refractivity contribution in [3.8, 4) is 0 Å². The second-order valence-corrected chi connectivity index (χ2v) is 6.10. The van der Waals surface area contributed by atoms with Gasteiger partial charge in [0.15, 0.2) is 0 Å². The Morgan fingerprint density at radius 2 is 2.15 bits per heavy atom. The van der Waals surface area contributed by atoms with E-state index < -0.39 is 26.7 Å². The fraction of sp³-hybridized carbons (Fsp3) is 0.417. The molecule has 0 radical (unpaired) electrons. The Labute approximate surface area is 116 Å². The maximum Gasteiger partial charge on any atom is 0.335 e. The largest absolute Gasteiger partial charge is 0.478 e. The van der Waals surface area contributed by atoms with Crippen LogP contribution in [0, 0.1) is 11.7 Å². The predicted molar refractivity (Wildman–Crippen MR) is 69.6 cm³/mol. The van der Waals surface area contributed by atoms with Crippen LogP contribution in [0.15, 0.2) is 23.1 Å². The number of carboxylic acids is 1. The van der Waals surface area contributed by atoms with Crippen molar-refractivity contribution in [1.29, 1.82) is 0 Å². The Morgan fingerprint density at radius 1 is 1.50 bits per heavy atom. The van der Waals surface area contributed by atoms with Crippen LogP contribution in [0.5, 0.6) is 0 Å². The summed E-state index contributed by atoms with van der Waals surface area (Å²) in [5.41, 5.74) is -0.295. The van der Waals surface area contributed by atoms with Crippen molar-refractivity contribution in [3.63, 3.8) is 0 Å². The third-order valence-electron chi connectivity index (χ3n) is 2.54. The molecule has 8 heteroatoms. The second-order valence-electron chi connectivity index (χ2n) is 4.36. The normalized spacial score (nSPS) is 13.2. The van der Waals surface area contributed by atoms with Gasteiger partial charge in [0, 0.05) is 20.3 Å². The highest BCUT2D eigenvalue weighted by Crippen LogP contribution is 2.16.